The molecule has 0 nitrogen and oxygen atoms in total. The predicted molar refractivity (Wildman–Crippen MR) is 50.7 cm³/mol. The second kappa shape index (κ2) is 4.13. The first-order valence-corrected chi connectivity index (χ1v) is 5.27. The Labute approximate surface area is 71.4 Å². The Balaban J connectivity index is 2.38. The van der Waals surface area contributed by atoms with Crippen LogP contribution in [0.3, 0.4) is 0 Å². The average molecular weight is 154 g/mol. The van der Waals surface area contributed by atoms with Crippen LogP contribution in [-0.4, -0.2) is 0 Å². The summed E-state index contributed by atoms with van der Waals surface area (Å²) in [5.41, 5.74) is 0.714. The van der Waals surface area contributed by atoms with Crippen LogP contribution in [0.15, 0.2) is 0 Å². The van der Waals surface area contributed by atoms with Crippen molar-refractivity contribution in [3.05, 3.63) is 0 Å². The molecule has 0 N–H and O–H groups in total. The highest BCUT2D eigenvalue weighted by molar-refractivity contribution is 4.76. The van der Waals surface area contributed by atoms with Crippen molar-refractivity contribution < 1.29 is 0 Å². The van der Waals surface area contributed by atoms with Gasteiger partial charge >= 0.3 is 0 Å². The molecule has 0 aromatic rings. The minimum atomic E-state index is 0.714. The van der Waals surface area contributed by atoms with Crippen molar-refractivity contribution in [1.82, 2.24) is 0 Å². The van der Waals surface area contributed by atoms with E-state index in [9.17, 15) is 0 Å². The lowest BCUT2D eigenvalue weighted by atomic mass is 9.79. The highest BCUT2D eigenvalue weighted by Crippen LogP contribution is 2.38. The third kappa shape index (κ3) is 2.84. The van der Waals surface area contributed by atoms with Gasteiger partial charge in [-0.3, -0.25) is 0 Å². The normalized spacial score (nSPS) is 24.5. The van der Waals surface area contributed by atoms with Crippen LogP contribution in [0.5, 0.6) is 0 Å². The molecule has 0 aliphatic heterocycles. The van der Waals surface area contributed by atoms with E-state index in [0.717, 1.165) is 0 Å². The quantitative estimate of drug-likeness (QED) is 0.524. The fourth-order valence-electron chi connectivity index (χ4n) is 2.44. The van der Waals surface area contributed by atoms with Gasteiger partial charge in [0.05, 0.1) is 0 Å². The average Bonchev–Trinajstić information content (AvgIpc) is 2.15. The van der Waals surface area contributed by atoms with Crippen LogP contribution in [0.25, 0.3) is 0 Å². The molecule has 0 heteroatoms. The number of rotatable bonds is 2. The van der Waals surface area contributed by atoms with Gasteiger partial charge in [-0.05, 0) is 24.7 Å². The monoisotopic (exact) mass is 154 g/mol. The molecular formula is C11H22. The molecule has 0 heterocycles. The highest BCUT2D eigenvalue weighted by Gasteiger charge is 2.23. The van der Waals surface area contributed by atoms with Gasteiger partial charge < -0.3 is 0 Å². The summed E-state index contributed by atoms with van der Waals surface area (Å²) in [5, 5.41) is 0. The van der Waals surface area contributed by atoms with Crippen LogP contribution in [0, 0.1) is 5.41 Å². The topological polar surface area (TPSA) is 0 Å². The van der Waals surface area contributed by atoms with Crippen LogP contribution in [-0.2, 0) is 0 Å². The first kappa shape index (κ1) is 9.09. The van der Waals surface area contributed by atoms with E-state index in [1.165, 1.54) is 51.4 Å². The van der Waals surface area contributed by atoms with Gasteiger partial charge in [-0.25, -0.2) is 0 Å². The van der Waals surface area contributed by atoms with Gasteiger partial charge in [0.15, 0.2) is 0 Å². The summed E-state index contributed by atoms with van der Waals surface area (Å²) in [6.45, 7) is 4.80. The summed E-state index contributed by atoms with van der Waals surface area (Å²) in [5.74, 6) is 0. The molecule has 0 bridgehead atoms. The van der Waals surface area contributed by atoms with E-state index in [4.69, 9.17) is 0 Å². The molecule has 1 fully saturated rings. The molecule has 0 radical (unpaired) electrons. The Bertz CT molecular complexity index is 96.6. The summed E-state index contributed by atoms with van der Waals surface area (Å²) >= 11 is 0. The molecule has 1 aliphatic carbocycles. The minimum absolute atomic E-state index is 0.714. The van der Waals surface area contributed by atoms with Crippen LogP contribution < -0.4 is 0 Å². The summed E-state index contributed by atoms with van der Waals surface area (Å²) in [6.07, 6.45) is 11.7. The first-order valence-electron chi connectivity index (χ1n) is 5.27. The molecule has 0 unspecified atom stereocenters. The lowest BCUT2D eigenvalue weighted by Gasteiger charge is -2.27. The van der Waals surface area contributed by atoms with Crippen LogP contribution >= 0.6 is 0 Å². The van der Waals surface area contributed by atoms with Crippen molar-refractivity contribution in [3.63, 3.8) is 0 Å². The SMILES string of the molecule is CCCC1(C)CCCCCC1. The third-order valence-electron chi connectivity index (χ3n) is 3.16. The first-order chi connectivity index (χ1) is 5.27. The van der Waals surface area contributed by atoms with Gasteiger partial charge in [0.2, 0.25) is 0 Å². The van der Waals surface area contributed by atoms with Gasteiger partial charge in [-0.2, -0.15) is 0 Å². The standard InChI is InChI=1S/C11H22/c1-3-8-11(2)9-6-4-5-7-10-11/h3-10H2,1-2H3. The number of hydrogen-bond acceptors (Lipinski definition) is 0. The molecule has 0 spiro atoms. The molecule has 66 valence electrons. The lowest BCUT2D eigenvalue weighted by molar-refractivity contribution is 0.252. The van der Waals surface area contributed by atoms with Gasteiger partial charge in [0, 0.05) is 0 Å². The smallest absolute Gasteiger partial charge is 0.0326 e. The Kier molecular flexibility index (Phi) is 3.42. The Morgan fingerprint density at radius 2 is 1.55 bits per heavy atom. The van der Waals surface area contributed by atoms with E-state index in [-0.39, 0.29) is 0 Å². The zero-order valence-electron chi connectivity index (χ0n) is 8.16. The van der Waals surface area contributed by atoms with E-state index >= 15 is 0 Å². The second-order valence-corrected chi connectivity index (χ2v) is 4.47. The highest BCUT2D eigenvalue weighted by atomic mass is 14.3. The van der Waals surface area contributed by atoms with Crippen LogP contribution in [0.4, 0.5) is 0 Å². The van der Waals surface area contributed by atoms with Gasteiger partial charge in [0.1, 0.15) is 0 Å². The summed E-state index contributed by atoms with van der Waals surface area (Å²) < 4.78 is 0. The molecule has 0 atom stereocenters. The van der Waals surface area contributed by atoms with E-state index < -0.39 is 0 Å². The molecule has 0 amide bonds. The summed E-state index contributed by atoms with van der Waals surface area (Å²) in [4.78, 5) is 0. The maximum absolute atomic E-state index is 2.49. The Morgan fingerprint density at radius 1 is 1.00 bits per heavy atom. The maximum atomic E-state index is 2.49. The van der Waals surface area contributed by atoms with E-state index in [1.807, 2.05) is 0 Å². The van der Waals surface area contributed by atoms with Gasteiger partial charge in [-0.15, -0.1) is 0 Å². The zero-order chi connectivity index (χ0) is 8.16. The van der Waals surface area contributed by atoms with Crippen LogP contribution in [0.2, 0.25) is 0 Å². The summed E-state index contributed by atoms with van der Waals surface area (Å²) in [6, 6.07) is 0. The third-order valence-corrected chi connectivity index (χ3v) is 3.16. The molecule has 1 aliphatic rings. The van der Waals surface area contributed by atoms with Crippen molar-refractivity contribution in [2.24, 2.45) is 5.41 Å². The fraction of sp³-hybridized carbons (Fsp3) is 1.00. The van der Waals surface area contributed by atoms with E-state index in [2.05, 4.69) is 13.8 Å². The van der Waals surface area contributed by atoms with E-state index in [1.54, 1.807) is 0 Å². The molecule has 0 aromatic heterocycles. The predicted octanol–water partition coefficient (Wildman–Crippen LogP) is 4.15. The van der Waals surface area contributed by atoms with Crippen molar-refractivity contribution in [2.45, 2.75) is 65.2 Å². The van der Waals surface area contributed by atoms with Crippen molar-refractivity contribution in [1.29, 1.82) is 0 Å². The minimum Gasteiger partial charge on any atom is -0.0654 e. The summed E-state index contributed by atoms with van der Waals surface area (Å²) in [7, 11) is 0. The maximum Gasteiger partial charge on any atom is -0.0326 e. The number of hydrogen-bond donors (Lipinski definition) is 0. The van der Waals surface area contributed by atoms with Gasteiger partial charge in [0.25, 0.3) is 0 Å². The lowest BCUT2D eigenvalue weighted by Crippen LogP contribution is -2.14. The van der Waals surface area contributed by atoms with E-state index in [0.29, 0.717) is 5.41 Å². The molecule has 0 aromatic carbocycles. The molecule has 1 saturated carbocycles. The van der Waals surface area contributed by atoms with Crippen LogP contribution in [0.1, 0.15) is 65.2 Å². The van der Waals surface area contributed by atoms with Crippen molar-refractivity contribution in [3.8, 4) is 0 Å². The van der Waals surface area contributed by atoms with Crippen molar-refractivity contribution >= 4 is 0 Å². The van der Waals surface area contributed by atoms with Crippen molar-refractivity contribution in [2.75, 3.05) is 0 Å². The molecule has 11 heavy (non-hydrogen) atoms. The van der Waals surface area contributed by atoms with Gasteiger partial charge in [-0.1, -0.05) is 46.0 Å². The fourth-order valence-corrected chi connectivity index (χ4v) is 2.44. The molecule has 1 rings (SSSR count). The Hall–Kier alpha value is 0. The molecule has 0 saturated heterocycles. The molecular weight excluding hydrogens is 132 g/mol. The largest absolute Gasteiger partial charge is 0.0654 e. The Morgan fingerprint density at radius 3 is 2.00 bits per heavy atom. The zero-order valence-corrected chi connectivity index (χ0v) is 8.16. The second-order valence-electron chi connectivity index (χ2n) is 4.47.